The van der Waals surface area contributed by atoms with Crippen molar-refractivity contribution in [1.29, 1.82) is 0 Å². The summed E-state index contributed by atoms with van der Waals surface area (Å²) >= 11 is 0. The lowest BCUT2D eigenvalue weighted by atomic mass is 10.1. The molecule has 0 aliphatic rings. The fourth-order valence-electron chi connectivity index (χ4n) is 1.02. The lowest BCUT2D eigenvalue weighted by Crippen LogP contribution is -2.01. The summed E-state index contributed by atoms with van der Waals surface area (Å²) in [5.74, 6) is 5.19. The number of ketones is 1. The van der Waals surface area contributed by atoms with E-state index in [1.54, 1.807) is 6.08 Å². The van der Waals surface area contributed by atoms with E-state index >= 15 is 0 Å². The van der Waals surface area contributed by atoms with E-state index in [1.165, 1.54) is 13.0 Å². The number of nitrogens with zero attached hydrogens (tertiary/aromatic N) is 1. The Morgan fingerprint density at radius 3 is 2.43 bits per heavy atom. The van der Waals surface area contributed by atoms with Crippen LogP contribution in [-0.2, 0) is 4.79 Å². The first-order chi connectivity index (χ1) is 6.74. The predicted octanol–water partition coefficient (Wildman–Crippen LogP) is 1.49. The highest BCUT2D eigenvalue weighted by atomic mass is 16.1. The number of hydrazone groups is 1. The lowest BCUT2D eigenvalue weighted by molar-refractivity contribution is -0.112. The van der Waals surface area contributed by atoms with Crippen molar-refractivity contribution in [2.75, 3.05) is 0 Å². The molecule has 0 aliphatic heterocycles. The first-order valence-corrected chi connectivity index (χ1v) is 4.26. The molecule has 2 N–H and O–H groups in total. The molecule has 1 rings (SSSR count). The normalized spacial score (nSPS) is 11.9. The summed E-state index contributed by atoms with van der Waals surface area (Å²) in [5.41, 5.74) is 1.49. The molecule has 0 aromatic heterocycles. The summed E-state index contributed by atoms with van der Waals surface area (Å²) in [7, 11) is 0. The van der Waals surface area contributed by atoms with Crippen molar-refractivity contribution in [3.8, 4) is 0 Å². The van der Waals surface area contributed by atoms with E-state index in [2.05, 4.69) is 5.10 Å². The maximum atomic E-state index is 10.7. The van der Waals surface area contributed by atoms with Crippen molar-refractivity contribution in [3.05, 3.63) is 48.0 Å². The van der Waals surface area contributed by atoms with E-state index in [0.717, 1.165) is 5.56 Å². The minimum atomic E-state index is -0.0259. The van der Waals surface area contributed by atoms with Crippen LogP contribution in [0.25, 0.3) is 0 Å². The topological polar surface area (TPSA) is 55.5 Å². The third-order valence-electron chi connectivity index (χ3n) is 1.68. The Bertz CT molecular complexity index is 366. The average Bonchev–Trinajstić information content (AvgIpc) is 2.20. The van der Waals surface area contributed by atoms with Gasteiger partial charge >= 0.3 is 0 Å². The van der Waals surface area contributed by atoms with Gasteiger partial charge in [0.2, 0.25) is 0 Å². The molecule has 1 aromatic rings. The van der Waals surface area contributed by atoms with Crippen molar-refractivity contribution in [2.45, 2.75) is 6.92 Å². The third kappa shape index (κ3) is 2.86. The Balaban J connectivity index is 2.90. The molecule has 0 radical (unpaired) electrons. The summed E-state index contributed by atoms with van der Waals surface area (Å²) in [4.78, 5) is 10.7. The Morgan fingerprint density at radius 1 is 1.29 bits per heavy atom. The van der Waals surface area contributed by atoms with Crippen LogP contribution in [-0.4, -0.2) is 11.5 Å². The summed E-state index contributed by atoms with van der Waals surface area (Å²) in [6.07, 6.45) is 3.05. The quantitative estimate of drug-likeness (QED) is 0.338. The van der Waals surface area contributed by atoms with Gasteiger partial charge in [0.1, 0.15) is 0 Å². The van der Waals surface area contributed by atoms with Gasteiger partial charge in [-0.05, 0) is 19.1 Å². The number of benzene rings is 1. The van der Waals surface area contributed by atoms with Crippen LogP contribution in [0.3, 0.4) is 0 Å². The lowest BCUT2D eigenvalue weighted by Gasteiger charge is -1.97. The molecule has 3 nitrogen and oxygen atoms in total. The number of rotatable bonds is 3. The first-order valence-electron chi connectivity index (χ1n) is 4.26. The van der Waals surface area contributed by atoms with E-state index in [-0.39, 0.29) is 5.78 Å². The molecule has 14 heavy (non-hydrogen) atoms. The Kier molecular flexibility index (Phi) is 3.61. The van der Waals surface area contributed by atoms with Crippen LogP contribution in [0.5, 0.6) is 0 Å². The van der Waals surface area contributed by atoms with Crippen molar-refractivity contribution in [1.82, 2.24) is 0 Å². The molecular weight excluding hydrogens is 176 g/mol. The molecule has 1 aromatic carbocycles. The van der Waals surface area contributed by atoms with Crippen molar-refractivity contribution in [2.24, 2.45) is 10.9 Å². The highest BCUT2D eigenvalue weighted by Gasteiger charge is 1.97. The molecule has 72 valence electrons. The second kappa shape index (κ2) is 4.97. The molecule has 3 heteroatoms. The van der Waals surface area contributed by atoms with Crippen molar-refractivity contribution in [3.63, 3.8) is 0 Å². The standard InChI is InChI=1S/C11H12N2O/c1-9(14)7-8-11(13-12)10-5-3-2-4-6-10/h2-8H,12H2,1H3/b8-7+,13-11+. The Hall–Kier alpha value is -1.90. The first kappa shape index (κ1) is 10.2. The highest BCUT2D eigenvalue weighted by Crippen LogP contribution is 2.01. The van der Waals surface area contributed by atoms with Gasteiger partial charge in [-0.1, -0.05) is 30.3 Å². The summed E-state index contributed by atoms with van der Waals surface area (Å²) < 4.78 is 0. The van der Waals surface area contributed by atoms with Crippen LogP contribution in [0.2, 0.25) is 0 Å². The summed E-state index contributed by atoms with van der Waals surface area (Å²) in [5, 5.41) is 3.61. The second-order valence-electron chi connectivity index (χ2n) is 2.82. The summed E-state index contributed by atoms with van der Waals surface area (Å²) in [6, 6.07) is 9.46. The van der Waals surface area contributed by atoms with Gasteiger partial charge < -0.3 is 5.84 Å². The van der Waals surface area contributed by atoms with Crippen LogP contribution in [0.4, 0.5) is 0 Å². The van der Waals surface area contributed by atoms with Crippen LogP contribution < -0.4 is 5.84 Å². The molecule has 0 fully saturated rings. The molecule has 0 unspecified atom stereocenters. The van der Waals surface area contributed by atoms with E-state index in [1.807, 2.05) is 30.3 Å². The molecular formula is C11H12N2O. The maximum Gasteiger partial charge on any atom is 0.152 e. The van der Waals surface area contributed by atoms with E-state index in [9.17, 15) is 4.79 Å². The number of carbonyl (C=O) groups excluding carboxylic acids is 1. The molecule has 0 saturated heterocycles. The van der Waals surface area contributed by atoms with Gasteiger partial charge in [-0.2, -0.15) is 5.10 Å². The molecule has 0 amide bonds. The Labute approximate surface area is 82.9 Å². The van der Waals surface area contributed by atoms with E-state index < -0.39 is 0 Å². The Morgan fingerprint density at radius 2 is 1.93 bits per heavy atom. The number of hydrogen-bond donors (Lipinski definition) is 1. The minimum Gasteiger partial charge on any atom is -0.323 e. The van der Waals surface area contributed by atoms with Gasteiger partial charge in [0, 0.05) is 5.56 Å². The molecule has 0 bridgehead atoms. The molecule has 0 aliphatic carbocycles. The van der Waals surface area contributed by atoms with Crippen LogP contribution in [0.15, 0.2) is 47.6 Å². The number of hydrogen-bond acceptors (Lipinski definition) is 3. The number of carbonyl (C=O) groups is 1. The van der Waals surface area contributed by atoms with Gasteiger partial charge in [0.05, 0.1) is 5.71 Å². The molecule has 0 saturated carbocycles. The predicted molar refractivity (Wildman–Crippen MR) is 57.0 cm³/mol. The van der Waals surface area contributed by atoms with E-state index in [0.29, 0.717) is 5.71 Å². The zero-order chi connectivity index (χ0) is 10.4. The van der Waals surface area contributed by atoms with Crippen molar-refractivity contribution < 1.29 is 4.79 Å². The van der Waals surface area contributed by atoms with Gasteiger partial charge in [0.25, 0.3) is 0 Å². The molecule has 0 heterocycles. The largest absolute Gasteiger partial charge is 0.323 e. The number of allylic oxidation sites excluding steroid dienone is 2. The fourth-order valence-corrected chi connectivity index (χ4v) is 1.02. The van der Waals surface area contributed by atoms with Gasteiger partial charge in [-0.3, -0.25) is 4.79 Å². The fraction of sp³-hybridized carbons (Fsp3) is 0.0909. The highest BCUT2D eigenvalue weighted by molar-refractivity contribution is 6.10. The molecule has 0 atom stereocenters. The van der Waals surface area contributed by atoms with Crippen LogP contribution >= 0.6 is 0 Å². The third-order valence-corrected chi connectivity index (χ3v) is 1.68. The second-order valence-corrected chi connectivity index (χ2v) is 2.82. The maximum absolute atomic E-state index is 10.7. The summed E-state index contributed by atoms with van der Waals surface area (Å²) in [6.45, 7) is 1.48. The van der Waals surface area contributed by atoms with Crippen LogP contribution in [0.1, 0.15) is 12.5 Å². The van der Waals surface area contributed by atoms with Gasteiger partial charge in [0.15, 0.2) is 5.78 Å². The zero-order valence-electron chi connectivity index (χ0n) is 7.97. The van der Waals surface area contributed by atoms with E-state index in [4.69, 9.17) is 5.84 Å². The monoisotopic (exact) mass is 188 g/mol. The average molecular weight is 188 g/mol. The number of nitrogens with two attached hydrogens (primary N) is 1. The van der Waals surface area contributed by atoms with Crippen molar-refractivity contribution >= 4 is 11.5 Å². The van der Waals surface area contributed by atoms with Gasteiger partial charge in [-0.15, -0.1) is 0 Å². The minimum absolute atomic E-state index is 0.0259. The smallest absolute Gasteiger partial charge is 0.152 e. The van der Waals surface area contributed by atoms with Crippen LogP contribution in [0, 0.1) is 0 Å². The molecule has 0 spiro atoms. The SMILES string of the molecule is CC(=O)/C=C/C(=N\N)c1ccccc1. The van der Waals surface area contributed by atoms with Gasteiger partial charge in [-0.25, -0.2) is 0 Å². The zero-order valence-corrected chi connectivity index (χ0v) is 7.97.